The van der Waals surface area contributed by atoms with Gasteiger partial charge in [0.2, 0.25) is 5.91 Å². The van der Waals surface area contributed by atoms with Crippen LogP contribution in [0, 0.1) is 17.8 Å². The highest BCUT2D eigenvalue weighted by Gasteiger charge is 2.30. The number of piperidine rings is 2. The van der Waals surface area contributed by atoms with Crippen molar-refractivity contribution in [2.24, 2.45) is 17.8 Å². The lowest BCUT2D eigenvalue weighted by Crippen LogP contribution is -2.51. The van der Waals surface area contributed by atoms with E-state index in [-0.39, 0.29) is 23.9 Å². The van der Waals surface area contributed by atoms with Crippen LogP contribution in [-0.4, -0.2) is 60.5 Å². The maximum absolute atomic E-state index is 12.8. The van der Waals surface area contributed by atoms with Gasteiger partial charge in [0.15, 0.2) is 0 Å². The number of urea groups is 1. The third-order valence-corrected chi connectivity index (χ3v) is 5.97. The van der Waals surface area contributed by atoms with E-state index in [1.165, 1.54) is 6.42 Å². The molecule has 0 aromatic heterocycles. The summed E-state index contributed by atoms with van der Waals surface area (Å²) in [6.07, 6.45) is 2.99. The first-order valence-corrected chi connectivity index (χ1v) is 11.0. The summed E-state index contributed by atoms with van der Waals surface area (Å²) < 4.78 is 0. The summed E-state index contributed by atoms with van der Waals surface area (Å²) in [5, 5.41) is 6.12. The fraction of sp³-hybridized carbons (Fsp3) is 0.652. The lowest BCUT2D eigenvalue weighted by molar-refractivity contribution is -0.127. The van der Waals surface area contributed by atoms with Crippen LogP contribution < -0.4 is 10.6 Å². The number of carbonyl (C=O) groups excluding carboxylic acids is 2. The van der Waals surface area contributed by atoms with Crippen molar-refractivity contribution in [1.82, 2.24) is 15.1 Å². The van der Waals surface area contributed by atoms with E-state index in [2.05, 4.69) is 36.3 Å². The molecule has 29 heavy (non-hydrogen) atoms. The van der Waals surface area contributed by atoms with Crippen molar-refractivity contribution in [2.45, 2.75) is 46.1 Å². The fourth-order valence-electron chi connectivity index (χ4n) is 4.83. The van der Waals surface area contributed by atoms with Gasteiger partial charge in [-0.25, -0.2) is 4.79 Å². The molecule has 4 atom stereocenters. The Morgan fingerprint density at radius 1 is 1.10 bits per heavy atom. The molecule has 6 nitrogen and oxygen atoms in total. The average molecular weight is 401 g/mol. The first-order chi connectivity index (χ1) is 13.9. The van der Waals surface area contributed by atoms with Crippen LogP contribution in [-0.2, 0) is 4.79 Å². The Kier molecular flexibility index (Phi) is 7.53. The van der Waals surface area contributed by atoms with Crippen molar-refractivity contribution in [3.05, 3.63) is 30.3 Å². The predicted molar refractivity (Wildman–Crippen MR) is 117 cm³/mol. The van der Waals surface area contributed by atoms with Crippen LogP contribution in [0.4, 0.5) is 10.5 Å². The van der Waals surface area contributed by atoms with Gasteiger partial charge >= 0.3 is 6.03 Å². The topological polar surface area (TPSA) is 64.7 Å². The van der Waals surface area contributed by atoms with Gasteiger partial charge in [0.05, 0.1) is 5.92 Å². The van der Waals surface area contributed by atoms with Gasteiger partial charge in [-0.3, -0.25) is 4.79 Å². The third-order valence-electron chi connectivity index (χ3n) is 5.97. The van der Waals surface area contributed by atoms with E-state index < -0.39 is 0 Å². The summed E-state index contributed by atoms with van der Waals surface area (Å²) in [5.74, 6) is 1.38. The van der Waals surface area contributed by atoms with E-state index in [1.807, 2.05) is 30.3 Å². The summed E-state index contributed by atoms with van der Waals surface area (Å²) >= 11 is 0. The number of hydrogen-bond donors (Lipinski definition) is 2. The van der Waals surface area contributed by atoms with E-state index in [0.29, 0.717) is 13.1 Å². The minimum atomic E-state index is -0.132. The summed E-state index contributed by atoms with van der Waals surface area (Å²) in [6, 6.07) is 9.45. The molecule has 160 valence electrons. The SMILES string of the molecule is CC1CC(C)CN(CC(C)NC(=O)C2CCCN(C(=O)Nc3ccccc3)C2)C1. The fourth-order valence-corrected chi connectivity index (χ4v) is 4.83. The van der Waals surface area contributed by atoms with Crippen LogP contribution in [0.15, 0.2) is 30.3 Å². The molecule has 2 aliphatic heterocycles. The molecule has 4 unspecified atom stereocenters. The largest absolute Gasteiger partial charge is 0.352 e. The molecule has 2 aliphatic rings. The molecule has 0 spiro atoms. The minimum Gasteiger partial charge on any atom is -0.352 e. The Bertz CT molecular complexity index is 671. The van der Waals surface area contributed by atoms with Crippen molar-refractivity contribution in [3.8, 4) is 0 Å². The zero-order valence-corrected chi connectivity index (χ0v) is 18.1. The second-order valence-corrected chi connectivity index (χ2v) is 9.16. The van der Waals surface area contributed by atoms with Crippen molar-refractivity contribution >= 4 is 17.6 Å². The maximum atomic E-state index is 12.8. The summed E-state index contributed by atoms with van der Waals surface area (Å²) in [4.78, 5) is 29.6. The standard InChI is InChI=1S/C23H36N4O2/c1-17-12-18(2)14-26(13-17)15-19(3)24-22(28)20-8-7-11-27(16-20)23(29)25-21-9-5-4-6-10-21/h4-6,9-10,17-20H,7-8,11-16H2,1-3H3,(H,24,28)(H,25,29). The predicted octanol–water partition coefficient (Wildman–Crippen LogP) is 3.41. The second-order valence-electron chi connectivity index (χ2n) is 9.16. The molecule has 2 saturated heterocycles. The van der Waals surface area contributed by atoms with Gasteiger partial charge in [-0.2, -0.15) is 0 Å². The molecule has 2 N–H and O–H groups in total. The molecule has 0 aliphatic carbocycles. The molecule has 2 heterocycles. The molecule has 0 saturated carbocycles. The number of likely N-dealkylation sites (tertiary alicyclic amines) is 2. The average Bonchev–Trinajstić information content (AvgIpc) is 2.68. The van der Waals surface area contributed by atoms with Crippen LogP contribution >= 0.6 is 0 Å². The van der Waals surface area contributed by atoms with Crippen LogP contribution in [0.5, 0.6) is 0 Å². The van der Waals surface area contributed by atoms with Crippen LogP contribution in [0.25, 0.3) is 0 Å². The molecular formula is C23H36N4O2. The van der Waals surface area contributed by atoms with E-state index in [4.69, 9.17) is 0 Å². The van der Waals surface area contributed by atoms with Crippen molar-refractivity contribution in [3.63, 3.8) is 0 Å². The van der Waals surface area contributed by atoms with Gasteiger partial charge in [-0.15, -0.1) is 0 Å². The molecular weight excluding hydrogens is 364 g/mol. The van der Waals surface area contributed by atoms with Crippen LogP contribution in [0.2, 0.25) is 0 Å². The number of anilines is 1. The number of nitrogens with one attached hydrogen (secondary N) is 2. The molecule has 3 amide bonds. The Morgan fingerprint density at radius 3 is 2.48 bits per heavy atom. The number of carbonyl (C=O) groups is 2. The highest BCUT2D eigenvalue weighted by molar-refractivity contribution is 5.90. The Hall–Kier alpha value is -2.08. The van der Waals surface area contributed by atoms with E-state index in [1.54, 1.807) is 4.90 Å². The molecule has 6 heteroatoms. The second kappa shape index (κ2) is 10.1. The maximum Gasteiger partial charge on any atom is 0.321 e. The van der Waals surface area contributed by atoms with Gasteiger partial charge in [-0.1, -0.05) is 32.0 Å². The molecule has 3 rings (SSSR count). The van der Waals surface area contributed by atoms with Gasteiger partial charge < -0.3 is 20.4 Å². The molecule has 1 aromatic rings. The molecule has 1 aromatic carbocycles. The zero-order valence-electron chi connectivity index (χ0n) is 18.1. The molecule has 2 fully saturated rings. The summed E-state index contributed by atoms with van der Waals surface area (Å²) in [6.45, 7) is 11.0. The molecule has 0 radical (unpaired) electrons. The Morgan fingerprint density at radius 2 is 1.79 bits per heavy atom. The first-order valence-electron chi connectivity index (χ1n) is 11.0. The normalized spacial score (nSPS) is 26.6. The third kappa shape index (κ3) is 6.46. The van der Waals surface area contributed by atoms with Gasteiger partial charge in [0, 0.05) is 44.5 Å². The smallest absolute Gasteiger partial charge is 0.321 e. The first kappa shape index (κ1) is 21.6. The highest BCUT2D eigenvalue weighted by Crippen LogP contribution is 2.21. The number of para-hydroxylation sites is 1. The zero-order chi connectivity index (χ0) is 20.8. The quantitative estimate of drug-likeness (QED) is 0.796. The van der Waals surface area contributed by atoms with Gasteiger partial charge in [0.1, 0.15) is 0 Å². The minimum absolute atomic E-state index is 0.0767. The molecule has 0 bridgehead atoms. The van der Waals surface area contributed by atoms with Gasteiger partial charge in [0.25, 0.3) is 0 Å². The van der Waals surface area contributed by atoms with E-state index in [9.17, 15) is 9.59 Å². The number of amides is 3. The Balaban J connectivity index is 1.47. The summed E-state index contributed by atoms with van der Waals surface area (Å²) in [7, 11) is 0. The Labute approximate surface area is 175 Å². The number of benzene rings is 1. The van der Waals surface area contributed by atoms with E-state index >= 15 is 0 Å². The van der Waals surface area contributed by atoms with Crippen molar-refractivity contribution in [2.75, 3.05) is 38.0 Å². The monoisotopic (exact) mass is 400 g/mol. The number of nitrogens with zero attached hydrogens (tertiary/aromatic N) is 2. The lowest BCUT2D eigenvalue weighted by Gasteiger charge is -2.37. The van der Waals surface area contributed by atoms with E-state index in [0.717, 1.165) is 50.0 Å². The number of rotatable bonds is 5. The van der Waals surface area contributed by atoms with Crippen LogP contribution in [0.1, 0.15) is 40.0 Å². The van der Waals surface area contributed by atoms with Crippen LogP contribution in [0.3, 0.4) is 0 Å². The highest BCUT2D eigenvalue weighted by atomic mass is 16.2. The summed E-state index contributed by atoms with van der Waals surface area (Å²) in [5.41, 5.74) is 0.780. The van der Waals surface area contributed by atoms with Crippen molar-refractivity contribution in [1.29, 1.82) is 0 Å². The van der Waals surface area contributed by atoms with Crippen molar-refractivity contribution < 1.29 is 9.59 Å². The number of hydrogen-bond acceptors (Lipinski definition) is 3. The lowest BCUT2D eigenvalue weighted by atomic mass is 9.91. The van der Waals surface area contributed by atoms with Gasteiger partial charge in [-0.05, 0) is 50.2 Å².